The molecule has 0 aliphatic rings. The van der Waals surface area contributed by atoms with Crippen LogP contribution in [-0.2, 0) is 16.3 Å². The first-order chi connectivity index (χ1) is 15.7. The van der Waals surface area contributed by atoms with E-state index in [1.807, 2.05) is 48.5 Å². The number of carbonyl (C=O) groups is 1. The van der Waals surface area contributed by atoms with Crippen molar-refractivity contribution in [2.45, 2.75) is 21.8 Å². The van der Waals surface area contributed by atoms with Gasteiger partial charge in [-0.3, -0.25) is 10.1 Å². The molecular formula is C22H16N4O3S3. The molecule has 3 heterocycles. The Morgan fingerprint density at radius 2 is 2.00 bits per heavy atom. The van der Waals surface area contributed by atoms with Crippen LogP contribution >= 0.6 is 35.1 Å². The van der Waals surface area contributed by atoms with Crippen LogP contribution in [0.5, 0.6) is 0 Å². The maximum Gasteiger partial charge on any atom is 0.268 e. The van der Waals surface area contributed by atoms with E-state index in [9.17, 15) is 10.1 Å². The van der Waals surface area contributed by atoms with Gasteiger partial charge in [-0.15, -0.1) is 0 Å². The third-order valence-electron chi connectivity index (χ3n) is 4.03. The predicted molar refractivity (Wildman–Crippen MR) is 125 cm³/mol. The molecule has 0 aliphatic carbocycles. The van der Waals surface area contributed by atoms with E-state index in [4.69, 9.17) is 8.83 Å². The molecule has 160 valence electrons. The van der Waals surface area contributed by atoms with E-state index in [1.54, 1.807) is 18.4 Å². The second kappa shape index (κ2) is 10.9. The Kier molecular flexibility index (Phi) is 7.45. The fourth-order valence-corrected chi connectivity index (χ4v) is 4.79. The third kappa shape index (κ3) is 6.13. The van der Waals surface area contributed by atoms with Crippen molar-refractivity contribution in [3.05, 3.63) is 83.5 Å². The van der Waals surface area contributed by atoms with Crippen LogP contribution < -0.4 is 5.32 Å². The fraction of sp³-hybridized carbons (Fsp3) is 0.0909. The van der Waals surface area contributed by atoms with E-state index in [2.05, 4.69) is 14.7 Å². The minimum Gasteiger partial charge on any atom is -0.468 e. The van der Waals surface area contributed by atoms with E-state index in [1.165, 1.54) is 29.6 Å². The number of benzene rings is 1. The highest BCUT2D eigenvalue weighted by Crippen LogP contribution is 2.27. The largest absolute Gasteiger partial charge is 0.468 e. The molecule has 0 unspecified atom stereocenters. The molecule has 7 nitrogen and oxygen atoms in total. The Morgan fingerprint density at radius 1 is 1.12 bits per heavy atom. The zero-order valence-corrected chi connectivity index (χ0v) is 19.0. The molecule has 0 fully saturated rings. The number of aromatic nitrogens is 2. The van der Waals surface area contributed by atoms with Crippen LogP contribution in [-0.4, -0.2) is 15.3 Å². The third-order valence-corrected chi connectivity index (χ3v) is 6.63. The SMILES string of the molecule is N#C/C(=C/c1ccc(SCc2ccco2)o1)C(=O)Nc1nc(SCc2ccccc2)ns1. The molecule has 1 N–H and O–H groups in total. The summed E-state index contributed by atoms with van der Waals surface area (Å²) in [7, 11) is 0. The van der Waals surface area contributed by atoms with Gasteiger partial charge in [0.1, 0.15) is 23.2 Å². The molecule has 0 aliphatic heterocycles. The van der Waals surface area contributed by atoms with Crippen LogP contribution in [0.1, 0.15) is 17.1 Å². The van der Waals surface area contributed by atoms with Crippen molar-refractivity contribution < 1.29 is 13.6 Å². The first-order valence-electron chi connectivity index (χ1n) is 9.38. The molecule has 32 heavy (non-hydrogen) atoms. The number of hydrogen-bond donors (Lipinski definition) is 1. The number of nitriles is 1. The summed E-state index contributed by atoms with van der Waals surface area (Å²) in [6.45, 7) is 0. The zero-order valence-electron chi connectivity index (χ0n) is 16.6. The van der Waals surface area contributed by atoms with Gasteiger partial charge in [0.25, 0.3) is 5.91 Å². The lowest BCUT2D eigenvalue weighted by Crippen LogP contribution is -2.13. The molecule has 0 bridgehead atoms. The highest BCUT2D eigenvalue weighted by Gasteiger charge is 2.14. The average Bonchev–Trinajstić information content (AvgIpc) is 3.58. The first kappa shape index (κ1) is 22.0. The number of carbonyl (C=O) groups excluding carboxylic acids is 1. The Morgan fingerprint density at radius 3 is 2.78 bits per heavy atom. The molecule has 1 aromatic carbocycles. The van der Waals surface area contributed by atoms with E-state index >= 15 is 0 Å². The molecule has 4 rings (SSSR count). The summed E-state index contributed by atoms with van der Waals surface area (Å²) in [5, 5.41) is 13.6. The smallest absolute Gasteiger partial charge is 0.268 e. The summed E-state index contributed by atoms with van der Waals surface area (Å²) in [5.74, 6) is 2.03. The molecule has 0 saturated heterocycles. The van der Waals surface area contributed by atoms with Gasteiger partial charge < -0.3 is 8.83 Å². The Bertz CT molecular complexity index is 1240. The number of rotatable bonds is 9. The average molecular weight is 481 g/mol. The minimum absolute atomic E-state index is 0.0874. The molecular weight excluding hydrogens is 464 g/mol. The lowest BCUT2D eigenvalue weighted by atomic mass is 10.2. The fourth-order valence-electron chi connectivity index (χ4n) is 2.52. The minimum atomic E-state index is -0.565. The van der Waals surface area contributed by atoms with Crippen LogP contribution in [0.25, 0.3) is 6.08 Å². The number of hydrogen-bond acceptors (Lipinski definition) is 9. The van der Waals surface area contributed by atoms with Gasteiger partial charge in [0.2, 0.25) is 10.3 Å². The lowest BCUT2D eigenvalue weighted by molar-refractivity contribution is -0.112. The Labute approximate surface area is 196 Å². The van der Waals surface area contributed by atoms with E-state index in [-0.39, 0.29) is 5.57 Å². The second-order valence-corrected chi connectivity index (χ2v) is 8.98. The second-order valence-electron chi connectivity index (χ2n) is 6.31. The summed E-state index contributed by atoms with van der Waals surface area (Å²) in [5.41, 5.74) is 1.07. The molecule has 4 aromatic rings. The topological polar surface area (TPSA) is 105 Å². The van der Waals surface area contributed by atoms with Crippen LogP contribution in [0.2, 0.25) is 0 Å². The van der Waals surface area contributed by atoms with Gasteiger partial charge in [-0.05, 0) is 29.8 Å². The summed E-state index contributed by atoms with van der Waals surface area (Å²) in [6.07, 6.45) is 3.02. The molecule has 0 saturated carbocycles. The number of anilines is 1. The summed E-state index contributed by atoms with van der Waals surface area (Å²) in [4.78, 5) is 16.8. The first-order valence-corrected chi connectivity index (χ1v) is 12.1. The molecule has 3 aromatic heterocycles. The van der Waals surface area contributed by atoms with Gasteiger partial charge in [-0.1, -0.05) is 53.9 Å². The molecule has 1 amide bonds. The van der Waals surface area contributed by atoms with Crippen molar-refractivity contribution in [3.63, 3.8) is 0 Å². The molecule has 0 radical (unpaired) electrons. The Balaban J connectivity index is 1.33. The number of nitrogens with zero attached hydrogens (tertiary/aromatic N) is 3. The number of nitrogens with one attached hydrogen (secondary N) is 1. The van der Waals surface area contributed by atoms with Crippen molar-refractivity contribution >= 4 is 52.2 Å². The quantitative estimate of drug-likeness (QED) is 0.181. The van der Waals surface area contributed by atoms with Crippen LogP contribution in [0.15, 0.2) is 85.5 Å². The van der Waals surface area contributed by atoms with Crippen LogP contribution in [0.4, 0.5) is 5.13 Å². The van der Waals surface area contributed by atoms with Gasteiger partial charge in [0.05, 0.1) is 12.0 Å². The summed E-state index contributed by atoms with van der Waals surface area (Å²) in [6, 6.07) is 19.1. The number of thioether (sulfide) groups is 2. The summed E-state index contributed by atoms with van der Waals surface area (Å²) < 4.78 is 15.2. The number of amides is 1. The van der Waals surface area contributed by atoms with Crippen molar-refractivity contribution in [1.29, 1.82) is 5.26 Å². The molecule has 0 spiro atoms. The lowest BCUT2D eigenvalue weighted by Gasteiger charge is -1.99. The summed E-state index contributed by atoms with van der Waals surface area (Å²) >= 11 is 4.01. The van der Waals surface area contributed by atoms with E-state index in [0.717, 1.165) is 28.6 Å². The standard InChI is InChI=1S/C22H16N4O3S3/c23-12-16(11-17-8-9-19(29-17)30-14-18-7-4-10-28-18)20(27)24-21-25-22(26-32-21)31-13-15-5-2-1-3-6-15/h1-11H,13-14H2,(H,24,25,26,27)/b16-11-. The molecule has 10 heteroatoms. The van der Waals surface area contributed by atoms with Crippen LogP contribution in [0, 0.1) is 11.3 Å². The van der Waals surface area contributed by atoms with Gasteiger partial charge in [-0.2, -0.15) is 14.6 Å². The van der Waals surface area contributed by atoms with Gasteiger partial charge in [0.15, 0.2) is 5.09 Å². The Hall–Kier alpha value is -3.26. The maximum atomic E-state index is 12.5. The zero-order chi connectivity index (χ0) is 22.2. The van der Waals surface area contributed by atoms with Gasteiger partial charge in [-0.25, -0.2) is 0 Å². The highest BCUT2D eigenvalue weighted by atomic mass is 32.2. The molecule has 0 atom stereocenters. The van der Waals surface area contributed by atoms with Crippen molar-refractivity contribution in [2.75, 3.05) is 5.32 Å². The van der Waals surface area contributed by atoms with Crippen molar-refractivity contribution in [2.24, 2.45) is 0 Å². The van der Waals surface area contributed by atoms with Crippen molar-refractivity contribution in [3.8, 4) is 6.07 Å². The van der Waals surface area contributed by atoms with Gasteiger partial charge >= 0.3 is 0 Å². The maximum absolute atomic E-state index is 12.5. The normalized spacial score (nSPS) is 11.3. The predicted octanol–water partition coefficient (Wildman–Crippen LogP) is 5.85. The monoisotopic (exact) mass is 480 g/mol. The highest BCUT2D eigenvalue weighted by molar-refractivity contribution is 7.98. The van der Waals surface area contributed by atoms with Gasteiger partial charge in [0, 0.05) is 23.4 Å². The number of furan rings is 2. The van der Waals surface area contributed by atoms with Crippen molar-refractivity contribution in [1.82, 2.24) is 9.36 Å². The van der Waals surface area contributed by atoms with E-state index in [0.29, 0.717) is 26.9 Å². The van der Waals surface area contributed by atoms with Crippen LogP contribution in [0.3, 0.4) is 0 Å². The van der Waals surface area contributed by atoms with E-state index < -0.39 is 5.91 Å².